The maximum atomic E-state index is 11.6. The van der Waals surface area contributed by atoms with Crippen LogP contribution in [0.2, 0.25) is 0 Å². The molecule has 0 aromatic rings. The third-order valence-corrected chi connectivity index (χ3v) is 3.22. The zero-order valence-corrected chi connectivity index (χ0v) is 10.3. The van der Waals surface area contributed by atoms with E-state index in [0.29, 0.717) is 0 Å². The van der Waals surface area contributed by atoms with Gasteiger partial charge in [-0.25, -0.2) is 9.36 Å². The van der Waals surface area contributed by atoms with Gasteiger partial charge >= 0.3 is 19.7 Å². The Morgan fingerprint density at radius 1 is 1.19 bits per heavy atom. The van der Waals surface area contributed by atoms with Crippen molar-refractivity contribution in [2.75, 3.05) is 19.6 Å². The Kier molecular flexibility index (Phi) is 6.76. The Labute approximate surface area is 93.5 Å². The minimum Gasteiger partial charge on any atom is -0.428 e. The third-order valence-electron chi connectivity index (χ3n) is 1.37. The third kappa shape index (κ3) is 6.42. The predicted molar refractivity (Wildman–Crippen MR) is 54.0 cm³/mol. The van der Waals surface area contributed by atoms with Crippen LogP contribution in [0.4, 0.5) is 4.79 Å². The van der Waals surface area contributed by atoms with Crippen LogP contribution >= 0.6 is 7.60 Å². The number of hydrogen-bond acceptors (Lipinski definition) is 7. The SMILES string of the molecule is CCOP(=O)(CC)OC(=O)OCOC(C)=O. The molecule has 0 saturated carbocycles. The molecule has 0 aliphatic rings. The van der Waals surface area contributed by atoms with Crippen molar-refractivity contribution in [1.82, 2.24) is 0 Å². The van der Waals surface area contributed by atoms with Crippen LogP contribution in [-0.2, 0) is 27.9 Å². The number of hydrogen-bond donors (Lipinski definition) is 0. The normalized spacial score (nSPS) is 13.7. The van der Waals surface area contributed by atoms with Gasteiger partial charge < -0.3 is 14.0 Å². The molecule has 0 amide bonds. The highest BCUT2D eigenvalue weighted by Gasteiger charge is 2.26. The predicted octanol–water partition coefficient (Wildman–Crippen LogP) is 1.91. The van der Waals surface area contributed by atoms with Gasteiger partial charge in [-0.1, -0.05) is 6.92 Å². The molecule has 0 N–H and O–H groups in total. The summed E-state index contributed by atoms with van der Waals surface area (Å²) in [7, 11) is -3.44. The van der Waals surface area contributed by atoms with Crippen LogP contribution in [-0.4, -0.2) is 31.7 Å². The molecule has 1 unspecified atom stereocenters. The fourth-order valence-electron chi connectivity index (χ4n) is 0.679. The lowest BCUT2D eigenvalue weighted by Crippen LogP contribution is -2.12. The fourth-order valence-corrected chi connectivity index (χ4v) is 1.72. The van der Waals surface area contributed by atoms with Gasteiger partial charge in [0, 0.05) is 6.92 Å². The smallest absolute Gasteiger partial charge is 0.428 e. The molecule has 0 spiro atoms. The molecule has 0 aromatic carbocycles. The molecule has 0 aliphatic carbocycles. The topological polar surface area (TPSA) is 88.1 Å². The molecule has 0 bridgehead atoms. The van der Waals surface area contributed by atoms with Crippen molar-refractivity contribution in [3.63, 3.8) is 0 Å². The molecule has 0 aliphatic heterocycles. The number of carbonyl (C=O) groups is 2. The summed E-state index contributed by atoms with van der Waals surface area (Å²) in [5.41, 5.74) is 0. The zero-order valence-electron chi connectivity index (χ0n) is 9.43. The van der Waals surface area contributed by atoms with Crippen LogP contribution in [0, 0.1) is 0 Å². The average molecular weight is 254 g/mol. The van der Waals surface area contributed by atoms with E-state index in [1.165, 1.54) is 0 Å². The van der Waals surface area contributed by atoms with Crippen molar-refractivity contribution in [3.05, 3.63) is 0 Å². The molecule has 0 rings (SSSR count). The highest BCUT2D eigenvalue weighted by atomic mass is 31.2. The summed E-state index contributed by atoms with van der Waals surface area (Å²) < 4.78 is 29.6. The summed E-state index contributed by atoms with van der Waals surface area (Å²) in [6.45, 7) is 3.91. The van der Waals surface area contributed by atoms with Crippen molar-refractivity contribution in [2.24, 2.45) is 0 Å². The molecular weight excluding hydrogens is 239 g/mol. The zero-order chi connectivity index (χ0) is 12.6. The minimum atomic E-state index is -3.44. The van der Waals surface area contributed by atoms with Crippen LogP contribution in [0.3, 0.4) is 0 Å². The van der Waals surface area contributed by atoms with Gasteiger partial charge in [-0.3, -0.25) is 9.32 Å². The summed E-state index contributed by atoms with van der Waals surface area (Å²) in [6, 6.07) is 0. The van der Waals surface area contributed by atoms with E-state index in [9.17, 15) is 14.2 Å². The quantitative estimate of drug-likeness (QED) is 0.406. The second-order valence-electron chi connectivity index (χ2n) is 2.58. The van der Waals surface area contributed by atoms with Crippen molar-refractivity contribution >= 4 is 19.7 Å². The van der Waals surface area contributed by atoms with Crippen molar-refractivity contribution in [3.8, 4) is 0 Å². The van der Waals surface area contributed by atoms with Crippen LogP contribution in [0.1, 0.15) is 20.8 Å². The standard InChI is InChI=1S/C8H15O7P/c1-4-14-16(11,5-2)15-8(10)13-6-12-7(3)9/h4-6H2,1-3H3. The summed E-state index contributed by atoms with van der Waals surface area (Å²) in [4.78, 5) is 21.3. The van der Waals surface area contributed by atoms with E-state index in [-0.39, 0.29) is 12.8 Å². The summed E-state index contributed by atoms with van der Waals surface area (Å²) in [5.74, 6) is -0.601. The maximum Gasteiger partial charge on any atom is 0.517 e. The molecule has 1 atom stereocenters. The van der Waals surface area contributed by atoms with Crippen LogP contribution in [0.15, 0.2) is 0 Å². The van der Waals surface area contributed by atoms with Gasteiger partial charge in [0.1, 0.15) is 0 Å². The van der Waals surface area contributed by atoms with Crippen LogP contribution < -0.4 is 0 Å². The second-order valence-corrected chi connectivity index (χ2v) is 4.88. The van der Waals surface area contributed by atoms with Gasteiger partial charge in [0.25, 0.3) is 0 Å². The van der Waals surface area contributed by atoms with Gasteiger partial charge in [-0.15, -0.1) is 0 Å². The molecule has 0 radical (unpaired) electrons. The molecule has 16 heavy (non-hydrogen) atoms. The molecule has 0 heterocycles. The molecular formula is C8H15O7P. The van der Waals surface area contributed by atoms with Crippen molar-refractivity contribution in [1.29, 1.82) is 0 Å². The van der Waals surface area contributed by atoms with Crippen LogP contribution in [0.25, 0.3) is 0 Å². The van der Waals surface area contributed by atoms with Crippen LogP contribution in [0.5, 0.6) is 0 Å². The molecule has 0 saturated heterocycles. The molecule has 7 nitrogen and oxygen atoms in total. The van der Waals surface area contributed by atoms with Crippen molar-refractivity contribution in [2.45, 2.75) is 20.8 Å². The average Bonchev–Trinajstić information content (AvgIpc) is 2.17. The highest BCUT2D eigenvalue weighted by molar-refractivity contribution is 7.54. The lowest BCUT2D eigenvalue weighted by molar-refractivity contribution is -0.149. The van der Waals surface area contributed by atoms with Gasteiger partial charge in [-0.05, 0) is 6.92 Å². The number of ether oxygens (including phenoxy) is 2. The second kappa shape index (κ2) is 7.24. The highest BCUT2D eigenvalue weighted by Crippen LogP contribution is 2.47. The number of esters is 1. The Bertz CT molecular complexity index is 288. The first-order valence-corrected chi connectivity index (χ1v) is 6.39. The Balaban J connectivity index is 4.01. The van der Waals surface area contributed by atoms with Gasteiger partial charge in [0.05, 0.1) is 12.8 Å². The number of rotatable bonds is 6. The largest absolute Gasteiger partial charge is 0.517 e. The van der Waals surface area contributed by atoms with E-state index in [4.69, 9.17) is 4.52 Å². The summed E-state index contributed by atoms with van der Waals surface area (Å²) in [5, 5.41) is 0. The Morgan fingerprint density at radius 3 is 2.25 bits per heavy atom. The molecule has 8 heteroatoms. The first kappa shape index (κ1) is 14.9. The fraction of sp³-hybridized carbons (Fsp3) is 0.750. The van der Waals surface area contributed by atoms with Gasteiger partial charge in [-0.2, -0.15) is 0 Å². The van der Waals surface area contributed by atoms with E-state index in [0.717, 1.165) is 6.92 Å². The van der Waals surface area contributed by atoms with Gasteiger partial charge in [0.15, 0.2) is 0 Å². The monoisotopic (exact) mass is 254 g/mol. The maximum absolute atomic E-state index is 11.6. The van der Waals surface area contributed by atoms with Gasteiger partial charge in [0.2, 0.25) is 6.79 Å². The molecule has 0 aromatic heterocycles. The Hall–Kier alpha value is -1.07. The molecule has 94 valence electrons. The first-order chi connectivity index (χ1) is 7.43. The minimum absolute atomic E-state index is 0.0451. The van der Waals surface area contributed by atoms with E-state index in [2.05, 4.69) is 14.0 Å². The van der Waals surface area contributed by atoms with Crippen molar-refractivity contribution < 1.29 is 32.7 Å². The lowest BCUT2D eigenvalue weighted by Gasteiger charge is -2.14. The summed E-state index contributed by atoms with van der Waals surface area (Å²) >= 11 is 0. The van der Waals surface area contributed by atoms with E-state index in [1.54, 1.807) is 13.8 Å². The van der Waals surface area contributed by atoms with E-state index >= 15 is 0 Å². The van der Waals surface area contributed by atoms with E-state index in [1.807, 2.05) is 0 Å². The lowest BCUT2D eigenvalue weighted by atomic mass is 10.8. The Morgan fingerprint density at radius 2 is 1.81 bits per heavy atom. The summed E-state index contributed by atoms with van der Waals surface area (Å²) in [6.07, 6.45) is -1.15. The first-order valence-electron chi connectivity index (χ1n) is 4.66. The molecule has 0 fully saturated rings. The van der Waals surface area contributed by atoms with E-state index < -0.39 is 26.5 Å². The number of carbonyl (C=O) groups excluding carboxylic acids is 2.